The SMILES string of the molecule is Cc1cc(C#N)cc(-c2cc(-n3c4ccc(-c5ccccc5C)cc4c4cc(-c5ccccc5C)ccc43)c(C#N)cc2-n2c3ccc(-c4ccccc4C)cc3c3cc(-c4ccccc4C)ccc32)c1. The van der Waals surface area contributed by atoms with Gasteiger partial charge in [0.1, 0.15) is 6.07 Å². The molecule has 0 unspecified atom stereocenters. The summed E-state index contributed by atoms with van der Waals surface area (Å²) in [6.07, 6.45) is 0. The van der Waals surface area contributed by atoms with Gasteiger partial charge in [-0.05, 0) is 185 Å². The van der Waals surface area contributed by atoms with E-state index in [1.165, 1.54) is 44.5 Å². The minimum Gasteiger partial charge on any atom is -0.309 e. The lowest BCUT2D eigenvalue weighted by Gasteiger charge is -2.19. The molecule has 0 saturated carbocycles. The number of hydrogen-bond donors (Lipinski definition) is 0. The number of nitrogens with zero attached hydrogens (tertiary/aromatic N) is 4. The average Bonchev–Trinajstić information content (AvgIpc) is 3.89. The fourth-order valence-corrected chi connectivity index (χ4v) is 11.1. The number of nitriles is 2. The minimum atomic E-state index is 0.532. The van der Waals surface area contributed by atoms with Gasteiger partial charge in [0, 0.05) is 27.1 Å². The second kappa shape index (κ2) is 17.1. The maximum atomic E-state index is 11.5. The molecular weight excluding hydrogens is 861 g/mol. The molecule has 0 N–H and O–H groups in total. The Hall–Kier alpha value is -9.22. The van der Waals surface area contributed by atoms with Crippen molar-refractivity contribution in [2.45, 2.75) is 34.6 Å². The fourth-order valence-electron chi connectivity index (χ4n) is 11.1. The largest absolute Gasteiger partial charge is 0.309 e. The third-order valence-corrected chi connectivity index (χ3v) is 14.6. The molecule has 0 aliphatic rings. The van der Waals surface area contributed by atoms with Crippen LogP contribution in [0.15, 0.2) is 200 Å². The van der Waals surface area contributed by atoms with E-state index < -0.39 is 0 Å². The van der Waals surface area contributed by atoms with Crippen LogP contribution >= 0.6 is 0 Å². The van der Waals surface area contributed by atoms with Gasteiger partial charge in [0.25, 0.3) is 0 Å². The Morgan fingerprint density at radius 2 is 0.676 bits per heavy atom. The molecule has 0 aliphatic carbocycles. The van der Waals surface area contributed by atoms with Gasteiger partial charge in [0.15, 0.2) is 0 Å². The molecule has 0 aliphatic heterocycles. The van der Waals surface area contributed by atoms with E-state index in [-0.39, 0.29) is 0 Å². The molecule has 12 aromatic rings. The topological polar surface area (TPSA) is 57.4 Å². The van der Waals surface area contributed by atoms with E-state index in [1.54, 1.807) is 0 Å². The molecule has 2 aromatic heterocycles. The van der Waals surface area contributed by atoms with Gasteiger partial charge in [-0.1, -0.05) is 127 Å². The molecule has 0 atom stereocenters. The van der Waals surface area contributed by atoms with Crippen molar-refractivity contribution in [1.82, 2.24) is 9.13 Å². The van der Waals surface area contributed by atoms with Crippen molar-refractivity contribution < 1.29 is 0 Å². The van der Waals surface area contributed by atoms with Crippen LogP contribution in [0, 0.1) is 57.3 Å². The monoisotopic (exact) mass is 908 g/mol. The van der Waals surface area contributed by atoms with E-state index in [4.69, 9.17) is 0 Å². The zero-order chi connectivity index (χ0) is 48.5. The molecule has 0 bridgehead atoms. The lowest BCUT2D eigenvalue weighted by Crippen LogP contribution is -2.04. The molecule has 2 heterocycles. The quantitative estimate of drug-likeness (QED) is 0.160. The maximum absolute atomic E-state index is 11.5. The average molecular weight is 909 g/mol. The predicted molar refractivity (Wildman–Crippen MR) is 295 cm³/mol. The fraction of sp³-hybridized carbons (Fsp3) is 0.0746. The zero-order valence-electron chi connectivity index (χ0n) is 40.3. The van der Waals surface area contributed by atoms with Crippen molar-refractivity contribution in [3.8, 4) is 79.1 Å². The number of aromatic nitrogens is 2. The van der Waals surface area contributed by atoms with Crippen LogP contribution in [-0.4, -0.2) is 9.13 Å². The van der Waals surface area contributed by atoms with Crippen molar-refractivity contribution in [3.63, 3.8) is 0 Å². The first kappa shape index (κ1) is 43.1. The first-order valence-electron chi connectivity index (χ1n) is 24.2. The second-order valence-corrected chi connectivity index (χ2v) is 19.1. The lowest BCUT2D eigenvalue weighted by atomic mass is 9.96. The van der Waals surface area contributed by atoms with Crippen LogP contribution in [0.3, 0.4) is 0 Å². The van der Waals surface area contributed by atoms with Crippen LogP contribution in [-0.2, 0) is 0 Å². The third-order valence-electron chi connectivity index (χ3n) is 14.6. The van der Waals surface area contributed by atoms with E-state index in [9.17, 15) is 10.5 Å². The van der Waals surface area contributed by atoms with E-state index in [0.29, 0.717) is 11.1 Å². The highest BCUT2D eigenvalue weighted by molar-refractivity contribution is 6.14. The molecule has 4 heteroatoms. The third kappa shape index (κ3) is 7.20. The van der Waals surface area contributed by atoms with Crippen molar-refractivity contribution >= 4 is 43.6 Å². The lowest BCUT2D eigenvalue weighted by molar-refractivity contribution is 1.13. The van der Waals surface area contributed by atoms with Gasteiger partial charge in [-0.15, -0.1) is 0 Å². The molecule has 0 amide bonds. The van der Waals surface area contributed by atoms with E-state index >= 15 is 0 Å². The molecule has 0 fully saturated rings. The number of aryl methyl sites for hydroxylation is 5. The van der Waals surface area contributed by atoms with E-state index in [0.717, 1.165) is 93.9 Å². The summed E-state index contributed by atoms with van der Waals surface area (Å²) in [6, 6.07) is 76.6. The Labute approximate surface area is 414 Å². The molecule has 0 spiro atoms. The van der Waals surface area contributed by atoms with E-state index in [2.05, 4.69) is 237 Å². The first-order chi connectivity index (χ1) is 34.7. The summed E-state index contributed by atoms with van der Waals surface area (Å²) in [7, 11) is 0. The first-order valence-corrected chi connectivity index (χ1v) is 24.2. The van der Waals surface area contributed by atoms with Gasteiger partial charge in [0.2, 0.25) is 0 Å². The van der Waals surface area contributed by atoms with Crippen LogP contribution in [0.5, 0.6) is 0 Å². The highest BCUT2D eigenvalue weighted by Crippen LogP contribution is 2.44. The normalized spacial score (nSPS) is 11.4. The van der Waals surface area contributed by atoms with Gasteiger partial charge in [0.05, 0.1) is 50.6 Å². The molecule has 0 saturated heterocycles. The Kier molecular flexibility index (Phi) is 10.4. The Balaban J connectivity index is 1.17. The standard InChI is InChI=1S/C67H48N4/c1-41-30-46(39-68)32-51(31-41)57-38-66(70-62-26-22-47(53-18-10-6-14-42(53)2)33-58(62)59-34-48(23-27-63(59)70)54-19-11-7-15-43(54)3)52(40-69)37-67(57)71-64-28-24-49(55-20-12-8-16-44(55)4)35-60(64)61-36-50(25-29-65(61)71)56-21-13-9-17-45(56)5/h6-38H,1-5H3. The summed E-state index contributed by atoms with van der Waals surface area (Å²) in [5.41, 5.74) is 23.7. The van der Waals surface area contributed by atoms with Gasteiger partial charge < -0.3 is 9.13 Å². The second-order valence-electron chi connectivity index (χ2n) is 19.1. The van der Waals surface area contributed by atoms with Crippen molar-refractivity contribution in [3.05, 3.63) is 239 Å². The van der Waals surface area contributed by atoms with Gasteiger partial charge in [-0.2, -0.15) is 10.5 Å². The van der Waals surface area contributed by atoms with Gasteiger partial charge >= 0.3 is 0 Å². The smallest absolute Gasteiger partial charge is 0.101 e. The number of hydrogen-bond acceptors (Lipinski definition) is 2. The van der Waals surface area contributed by atoms with Gasteiger partial charge in [-0.3, -0.25) is 0 Å². The molecular formula is C67H48N4. The summed E-state index contributed by atoms with van der Waals surface area (Å²) in [4.78, 5) is 0. The van der Waals surface area contributed by atoms with Crippen molar-refractivity contribution in [2.75, 3.05) is 0 Å². The van der Waals surface area contributed by atoms with Crippen LogP contribution in [0.4, 0.5) is 0 Å². The number of benzene rings is 10. The van der Waals surface area contributed by atoms with Crippen LogP contribution < -0.4 is 0 Å². The summed E-state index contributed by atoms with van der Waals surface area (Å²) in [6.45, 7) is 10.7. The molecule has 0 radical (unpaired) electrons. The van der Waals surface area contributed by atoms with Crippen molar-refractivity contribution in [2.24, 2.45) is 0 Å². The highest BCUT2D eigenvalue weighted by atomic mass is 15.0. The summed E-state index contributed by atoms with van der Waals surface area (Å²) >= 11 is 0. The molecule has 10 aromatic carbocycles. The predicted octanol–water partition coefficient (Wildman–Crippen LogP) is 17.5. The van der Waals surface area contributed by atoms with Crippen LogP contribution in [0.2, 0.25) is 0 Å². The number of rotatable bonds is 7. The Morgan fingerprint density at radius 1 is 0.310 bits per heavy atom. The molecule has 12 rings (SSSR count). The van der Waals surface area contributed by atoms with Crippen molar-refractivity contribution in [1.29, 1.82) is 10.5 Å². The molecule has 71 heavy (non-hydrogen) atoms. The number of fused-ring (bicyclic) bond motifs is 6. The summed E-state index contributed by atoms with van der Waals surface area (Å²) < 4.78 is 4.60. The summed E-state index contributed by atoms with van der Waals surface area (Å²) in [5.74, 6) is 0. The summed E-state index contributed by atoms with van der Waals surface area (Å²) in [5, 5.41) is 26.3. The van der Waals surface area contributed by atoms with E-state index in [1.807, 2.05) is 19.1 Å². The molecule has 4 nitrogen and oxygen atoms in total. The van der Waals surface area contributed by atoms with Gasteiger partial charge in [-0.25, -0.2) is 0 Å². The molecule has 336 valence electrons. The highest BCUT2D eigenvalue weighted by Gasteiger charge is 2.24. The zero-order valence-corrected chi connectivity index (χ0v) is 40.3. The minimum absolute atomic E-state index is 0.532. The maximum Gasteiger partial charge on any atom is 0.101 e. The Morgan fingerprint density at radius 3 is 1.03 bits per heavy atom. The van der Waals surface area contributed by atoms with Crippen LogP contribution in [0.1, 0.15) is 38.9 Å². The Bertz CT molecular complexity index is 4050. The van der Waals surface area contributed by atoms with Crippen LogP contribution in [0.25, 0.3) is 111 Å².